The molecule has 4 aliphatic carbocycles. The van der Waals surface area contributed by atoms with E-state index in [2.05, 4.69) is 0 Å². The van der Waals surface area contributed by atoms with Gasteiger partial charge in [0.1, 0.15) is 0 Å². The topological polar surface area (TPSA) is 80.7 Å². The maximum atomic E-state index is 14.3. The molecule has 0 aromatic carbocycles. The van der Waals surface area contributed by atoms with Crippen molar-refractivity contribution in [2.75, 3.05) is 0 Å². The van der Waals surface area contributed by atoms with Gasteiger partial charge in [0.25, 0.3) is 0 Å². The third-order valence-electron chi connectivity index (χ3n) is 6.42. The molecular formula is C17H24F4O5S. The van der Waals surface area contributed by atoms with Gasteiger partial charge in [-0.15, -0.1) is 0 Å². The van der Waals surface area contributed by atoms with E-state index in [0.717, 1.165) is 32.1 Å². The smallest absolute Gasteiger partial charge is 0.435 e. The number of esters is 1. The molecule has 0 aliphatic heterocycles. The zero-order valence-corrected chi connectivity index (χ0v) is 15.7. The summed E-state index contributed by atoms with van der Waals surface area (Å²) in [7, 11) is -6.38. The van der Waals surface area contributed by atoms with E-state index in [1.807, 2.05) is 0 Å². The third kappa shape index (κ3) is 3.47. The fraction of sp³-hybridized carbons (Fsp3) is 0.941. The van der Waals surface area contributed by atoms with E-state index >= 15 is 0 Å². The van der Waals surface area contributed by atoms with Crippen LogP contribution in [-0.4, -0.2) is 36.2 Å². The second-order valence-corrected chi connectivity index (χ2v) is 9.75. The quantitative estimate of drug-likeness (QED) is 0.387. The summed E-state index contributed by atoms with van der Waals surface area (Å²) in [5, 5.41) is -5.75. The Hall–Kier alpha value is -0.900. The van der Waals surface area contributed by atoms with E-state index < -0.39 is 45.7 Å². The van der Waals surface area contributed by atoms with Gasteiger partial charge in [0, 0.05) is 0 Å². The van der Waals surface area contributed by atoms with Crippen LogP contribution in [0.1, 0.15) is 51.9 Å². The Bertz CT molecular complexity index is 665. The van der Waals surface area contributed by atoms with Crippen molar-refractivity contribution in [3.63, 3.8) is 0 Å². The lowest BCUT2D eigenvalue weighted by atomic mass is 9.52. The summed E-state index contributed by atoms with van der Waals surface area (Å²) in [6, 6.07) is 0. The zero-order chi connectivity index (χ0) is 20.2. The molecule has 156 valence electrons. The van der Waals surface area contributed by atoms with Gasteiger partial charge < -0.3 is 4.74 Å². The number of alkyl halides is 4. The molecule has 5 nitrogen and oxygen atoms in total. The van der Waals surface area contributed by atoms with Crippen LogP contribution in [0.4, 0.5) is 17.6 Å². The minimum Gasteiger partial charge on any atom is -0.455 e. The van der Waals surface area contributed by atoms with Gasteiger partial charge in [-0.25, -0.2) is 0 Å². The predicted octanol–water partition coefficient (Wildman–Crippen LogP) is 3.89. The summed E-state index contributed by atoms with van der Waals surface area (Å²) < 4.78 is 90.8. The summed E-state index contributed by atoms with van der Waals surface area (Å²) in [6.07, 6.45) is 1.06. The molecule has 10 heteroatoms. The Morgan fingerprint density at radius 2 is 1.56 bits per heavy atom. The van der Waals surface area contributed by atoms with Crippen LogP contribution in [0.5, 0.6) is 0 Å². The zero-order valence-electron chi connectivity index (χ0n) is 14.9. The van der Waals surface area contributed by atoms with Crippen LogP contribution in [-0.2, 0) is 19.6 Å². The molecule has 0 aromatic rings. The Balaban J connectivity index is 1.79. The average molecular weight is 416 g/mol. The standard InChI is InChI=1S/C17H24F4O5S/c1-2-3-13(16(18,19)17(20,21)27(23,24)25)26-15(22)14-11-5-9-4-10(7-11)8-12(14)6-9/h9-14H,2-8H2,1H3,(H,23,24,25). The molecule has 4 aliphatic rings. The third-order valence-corrected chi connectivity index (χ3v) is 7.34. The number of hydrogen-bond donors (Lipinski definition) is 1. The highest BCUT2D eigenvalue weighted by atomic mass is 32.2. The van der Waals surface area contributed by atoms with Crippen molar-refractivity contribution in [1.29, 1.82) is 0 Å². The van der Waals surface area contributed by atoms with Crippen molar-refractivity contribution in [3.05, 3.63) is 0 Å². The molecular weight excluding hydrogens is 392 g/mol. The number of hydrogen-bond acceptors (Lipinski definition) is 4. The molecule has 4 saturated carbocycles. The molecule has 4 rings (SSSR count). The molecule has 27 heavy (non-hydrogen) atoms. The predicted molar refractivity (Wildman–Crippen MR) is 86.8 cm³/mol. The maximum absolute atomic E-state index is 14.3. The summed E-state index contributed by atoms with van der Waals surface area (Å²) in [4.78, 5) is 12.6. The van der Waals surface area contributed by atoms with E-state index in [4.69, 9.17) is 9.29 Å². The second-order valence-electron chi connectivity index (χ2n) is 8.29. The van der Waals surface area contributed by atoms with Crippen molar-refractivity contribution in [3.8, 4) is 0 Å². The van der Waals surface area contributed by atoms with Crippen molar-refractivity contribution in [2.24, 2.45) is 29.6 Å². The highest BCUT2D eigenvalue weighted by molar-refractivity contribution is 7.87. The van der Waals surface area contributed by atoms with E-state index in [9.17, 15) is 30.8 Å². The van der Waals surface area contributed by atoms with E-state index in [-0.39, 0.29) is 18.3 Å². The second kappa shape index (κ2) is 6.86. The van der Waals surface area contributed by atoms with Crippen LogP contribution in [0.15, 0.2) is 0 Å². The highest BCUT2D eigenvalue weighted by Gasteiger charge is 2.70. The minimum absolute atomic E-state index is 0.00623. The SMILES string of the molecule is CCCC(OC(=O)C1C2CC3CC(C2)CC1C3)C(F)(F)C(F)(F)S(=O)(=O)O. The number of ether oxygens (including phenoxy) is 1. The van der Waals surface area contributed by atoms with Gasteiger partial charge in [0.15, 0.2) is 6.10 Å². The molecule has 0 amide bonds. The fourth-order valence-corrected chi connectivity index (χ4v) is 5.94. The number of carbonyl (C=O) groups excluding carboxylic acids is 1. The van der Waals surface area contributed by atoms with Crippen molar-refractivity contribution >= 4 is 16.1 Å². The van der Waals surface area contributed by atoms with E-state index in [0.29, 0.717) is 11.8 Å². The van der Waals surface area contributed by atoms with Gasteiger partial charge in [0.2, 0.25) is 0 Å². The van der Waals surface area contributed by atoms with Gasteiger partial charge >= 0.3 is 27.3 Å². The lowest BCUT2D eigenvalue weighted by Gasteiger charge is -2.53. The molecule has 1 atom stereocenters. The number of carbonyl (C=O) groups is 1. The van der Waals surface area contributed by atoms with Crippen LogP contribution in [0, 0.1) is 29.6 Å². The Kier molecular flexibility index (Phi) is 5.29. The summed E-state index contributed by atoms with van der Waals surface area (Å²) >= 11 is 0. The van der Waals surface area contributed by atoms with Crippen molar-refractivity contribution < 1.29 is 40.1 Å². The first-order valence-electron chi connectivity index (χ1n) is 9.31. The van der Waals surface area contributed by atoms with Crippen LogP contribution in [0.3, 0.4) is 0 Å². The maximum Gasteiger partial charge on any atom is 0.435 e. The Morgan fingerprint density at radius 3 is 1.96 bits per heavy atom. The molecule has 1 N–H and O–H groups in total. The normalized spacial score (nSPS) is 34.5. The highest BCUT2D eigenvalue weighted by Crippen LogP contribution is 2.57. The molecule has 0 heterocycles. The van der Waals surface area contributed by atoms with E-state index in [1.54, 1.807) is 0 Å². The van der Waals surface area contributed by atoms with Crippen LogP contribution >= 0.6 is 0 Å². The van der Waals surface area contributed by atoms with Crippen LogP contribution < -0.4 is 0 Å². The number of halogens is 4. The average Bonchev–Trinajstić information content (AvgIpc) is 2.52. The minimum atomic E-state index is -6.38. The van der Waals surface area contributed by atoms with Gasteiger partial charge in [0.05, 0.1) is 5.92 Å². The molecule has 4 bridgehead atoms. The molecule has 0 spiro atoms. The lowest BCUT2D eigenvalue weighted by Crippen LogP contribution is -2.56. The van der Waals surface area contributed by atoms with E-state index in [1.165, 1.54) is 6.92 Å². The molecule has 4 fully saturated rings. The van der Waals surface area contributed by atoms with Crippen LogP contribution in [0.2, 0.25) is 0 Å². The Morgan fingerprint density at radius 1 is 1.07 bits per heavy atom. The van der Waals surface area contributed by atoms with Gasteiger partial charge in [-0.2, -0.15) is 26.0 Å². The first-order valence-corrected chi connectivity index (χ1v) is 10.8. The van der Waals surface area contributed by atoms with Crippen molar-refractivity contribution in [2.45, 2.75) is 69.2 Å². The summed E-state index contributed by atoms with van der Waals surface area (Å²) in [5.41, 5.74) is 0. The molecule has 0 saturated heterocycles. The monoisotopic (exact) mass is 416 g/mol. The molecule has 0 radical (unpaired) electrons. The van der Waals surface area contributed by atoms with Crippen LogP contribution in [0.25, 0.3) is 0 Å². The van der Waals surface area contributed by atoms with Gasteiger partial charge in [-0.05, 0) is 62.2 Å². The largest absolute Gasteiger partial charge is 0.455 e. The first kappa shape index (κ1) is 20.8. The first-order chi connectivity index (χ1) is 12.4. The summed E-state index contributed by atoms with van der Waals surface area (Å²) in [6.45, 7) is 1.42. The molecule has 1 unspecified atom stereocenters. The number of rotatable bonds is 7. The summed E-state index contributed by atoms with van der Waals surface area (Å²) in [5.74, 6) is -5.74. The fourth-order valence-electron chi connectivity index (χ4n) is 5.46. The van der Waals surface area contributed by atoms with Gasteiger partial charge in [-0.1, -0.05) is 13.3 Å². The molecule has 0 aromatic heterocycles. The lowest BCUT2D eigenvalue weighted by molar-refractivity contribution is -0.233. The Labute approximate surface area is 155 Å². The van der Waals surface area contributed by atoms with Crippen molar-refractivity contribution in [1.82, 2.24) is 0 Å². The van der Waals surface area contributed by atoms with Gasteiger partial charge in [-0.3, -0.25) is 9.35 Å².